The van der Waals surface area contributed by atoms with Gasteiger partial charge in [0, 0.05) is 16.6 Å². The summed E-state index contributed by atoms with van der Waals surface area (Å²) in [6.07, 6.45) is -0.456. The highest BCUT2D eigenvalue weighted by molar-refractivity contribution is 6.09. The number of aromatic amines is 1. The fourth-order valence-corrected chi connectivity index (χ4v) is 2.20. The Morgan fingerprint density at radius 3 is 2.62 bits per heavy atom. The molecule has 7 heteroatoms. The van der Waals surface area contributed by atoms with Crippen molar-refractivity contribution >= 4 is 28.7 Å². The van der Waals surface area contributed by atoms with Crippen LogP contribution in [-0.2, 0) is 9.59 Å². The van der Waals surface area contributed by atoms with E-state index in [1.807, 2.05) is 12.1 Å². The van der Waals surface area contributed by atoms with Crippen LogP contribution in [-0.4, -0.2) is 33.9 Å². The van der Waals surface area contributed by atoms with Crippen LogP contribution >= 0.6 is 0 Å². The molecule has 0 aliphatic rings. The molecule has 1 aromatic heterocycles. The number of fused-ring (bicyclic) bond motifs is 1. The topological polar surface area (TPSA) is 125 Å². The van der Waals surface area contributed by atoms with Crippen molar-refractivity contribution in [2.24, 2.45) is 5.73 Å². The number of carboxylic acid groups (broad SMARTS) is 1. The van der Waals surface area contributed by atoms with E-state index in [9.17, 15) is 14.4 Å². The Bertz CT molecular complexity index is 720. The summed E-state index contributed by atoms with van der Waals surface area (Å²) < 4.78 is 0. The van der Waals surface area contributed by atoms with E-state index < -0.39 is 30.2 Å². The largest absolute Gasteiger partial charge is 0.480 e. The molecule has 0 aliphatic carbocycles. The molecule has 2 amide bonds. The molecular formula is C14H15N3O4. The van der Waals surface area contributed by atoms with Crippen molar-refractivity contribution in [3.8, 4) is 0 Å². The van der Waals surface area contributed by atoms with Crippen LogP contribution in [0.2, 0.25) is 0 Å². The first-order chi connectivity index (χ1) is 9.90. The van der Waals surface area contributed by atoms with Gasteiger partial charge in [-0.15, -0.1) is 0 Å². The highest BCUT2D eigenvalue weighted by atomic mass is 16.4. The third-order valence-corrected chi connectivity index (χ3v) is 3.13. The number of aryl methyl sites for hydroxylation is 1. The molecule has 21 heavy (non-hydrogen) atoms. The first kappa shape index (κ1) is 14.6. The lowest BCUT2D eigenvalue weighted by atomic mass is 10.1. The molecule has 0 saturated heterocycles. The van der Waals surface area contributed by atoms with E-state index in [0.717, 1.165) is 5.52 Å². The number of aromatic nitrogens is 1. The Labute approximate surface area is 120 Å². The molecule has 0 aliphatic heterocycles. The molecule has 110 valence electrons. The molecule has 1 aromatic carbocycles. The summed E-state index contributed by atoms with van der Waals surface area (Å²) in [7, 11) is 0. The lowest BCUT2D eigenvalue weighted by Crippen LogP contribution is -2.43. The van der Waals surface area contributed by atoms with E-state index in [1.165, 1.54) is 0 Å². The minimum absolute atomic E-state index is 0.362. The van der Waals surface area contributed by atoms with Crippen molar-refractivity contribution in [2.45, 2.75) is 19.4 Å². The van der Waals surface area contributed by atoms with Crippen molar-refractivity contribution < 1.29 is 19.5 Å². The summed E-state index contributed by atoms with van der Waals surface area (Å²) in [5.74, 6) is -2.66. The molecule has 0 saturated carbocycles. The number of benzene rings is 1. The SMILES string of the molecule is Cc1[nH]c2ccccc2c1C(=O)N[C@@H](CC(N)=O)C(=O)O. The summed E-state index contributed by atoms with van der Waals surface area (Å²) in [4.78, 5) is 37.3. The third kappa shape index (κ3) is 3.02. The van der Waals surface area contributed by atoms with Gasteiger partial charge in [-0.05, 0) is 13.0 Å². The normalized spacial score (nSPS) is 12.0. The molecule has 1 atom stereocenters. The van der Waals surface area contributed by atoms with Crippen LogP contribution in [0.3, 0.4) is 0 Å². The fraction of sp³-hybridized carbons (Fsp3) is 0.214. The maximum Gasteiger partial charge on any atom is 0.326 e. The molecule has 2 aromatic rings. The maximum absolute atomic E-state index is 12.3. The molecule has 0 spiro atoms. The van der Waals surface area contributed by atoms with Gasteiger partial charge in [-0.25, -0.2) is 4.79 Å². The smallest absolute Gasteiger partial charge is 0.326 e. The van der Waals surface area contributed by atoms with Crippen molar-refractivity contribution in [2.75, 3.05) is 0 Å². The fourth-order valence-electron chi connectivity index (χ4n) is 2.20. The predicted octanol–water partition coefficient (Wildman–Crippen LogP) is 0.535. The summed E-state index contributed by atoms with van der Waals surface area (Å²) in [5.41, 5.74) is 6.75. The van der Waals surface area contributed by atoms with Crippen molar-refractivity contribution in [1.29, 1.82) is 0 Å². The standard InChI is InChI=1S/C14H15N3O4/c1-7-12(8-4-2-3-5-9(8)16-7)13(19)17-10(14(20)21)6-11(15)18/h2-5,10,16H,6H2,1H3,(H2,15,18)(H,17,19)(H,20,21)/t10-/m0/s1. The molecule has 0 fully saturated rings. The number of carbonyl (C=O) groups is 3. The first-order valence-electron chi connectivity index (χ1n) is 6.29. The number of amides is 2. The minimum atomic E-state index is -1.34. The number of hydrogen-bond donors (Lipinski definition) is 4. The Balaban J connectivity index is 2.31. The lowest BCUT2D eigenvalue weighted by molar-refractivity contribution is -0.140. The van der Waals surface area contributed by atoms with Crippen LogP contribution in [0.25, 0.3) is 10.9 Å². The molecule has 0 unspecified atom stereocenters. The average molecular weight is 289 g/mol. The average Bonchev–Trinajstić information content (AvgIpc) is 2.73. The zero-order valence-corrected chi connectivity index (χ0v) is 11.3. The molecule has 0 bridgehead atoms. The Kier molecular flexibility index (Phi) is 3.93. The quantitative estimate of drug-likeness (QED) is 0.640. The van der Waals surface area contributed by atoms with Gasteiger partial charge in [0.25, 0.3) is 5.91 Å². The van der Waals surface area contributed by atoms with Gasteiger partial charge in [-0.3, -0.25) is 9.59 Å². The van der Waals surface area contributed by atoms with Gasteiger partial charge in [0.05, 0.1) is 12.0 Å². The first-order valence-corrected chi connectivity index (χ1v) is 6.29. The summed E-state index contributed by atoms with van der Waals surface area (Å²) in [5, 5.41) is 12.0. The summed E-state index contributed by atoms with van der Waals surface area (Å²) >= 11 is 0. The van der Waals surface area contributed by atoms with E-state index in [4.69, 9.17) is 10.8 Å². The zero-order chi connectivity index (χ0) is 15.6. The van der Waals surface area contributed by atoms with Gasteiger partial charge < -0.3 is 21.1 Å². The van der Waals surface area contributed by atoms with Crippen LogP contribution in [0.5, 0.6) is 0 Å². The van der Waals surface area contributed by atoms with E-state index in [0.29, 0.717) is 16.6 Å². The van der Waals surface area contributed by atoms with Crippen molar-refractivity contribution in [3.05, 3.63) is 35.5 Å². The van der Waals surface area contributed by atoms with E-state index in [-0.39, 0.29) is 0 Å². The van der Waals surface area contributed by atoms with Gasteiger partial charge in [-0.1, -0.05) is 18.2 Å². The number of hydrogen-bond acceptors (Lipinski definition) is 3. The van der Waals surface area contributed by atoms with Crippen molar-refractivity contribution in [3.63, 3.8) is 0 Å². The highest BCUT2D eigenvalue weighted by Gasteiger charge is 2.25. The number of rotatable bonds is 5. The Morgan fingerprint density at radius 1 is 1.33 bits per heavy atom. The maximum atomic E-state index is 12.3. The number of carboxylic acids is 1. The van der Waals surface area contributed by atoms with Gasteiger partial charge in [0.2, 0.25) is 5.91 Å². The molecular weight excluding hydrogens is 274 g/mol. The minimum Gasteiger partial charge on any atom is -0.480 e. The summed E-state index contributed by atoms with van der Waals surface area (Å²) in [6, 6.07) is 5.84. The van der Waals surface area contributed by atoms with Crippen LogP contribution in [0, 0.1) is 6.92 Å². The second kappa shape index (κ2) is 5.66. The van der Waals surface area contributed by atoms with Gasteiger partial charge in [0.1, 0.15) is 6.04 Å². The predicted molar refractivity (Wildman–Crippen MR) is 75.7 cm³/mol. The van der Waals surface area contributed by atoms with E-state index in [2.05, 4.69) is 10.3 Å². The molecule has 2 rings (SSSR count). The lowest BCUT2D eigenvalue weighted by Gasteiger charge is -2.12. The van der Waals surface area contributed by atoms with Gasteiger partial charge >= 0.3 is 5.97 Å². The van der Waals surface area contributed by atoms with E-state index in [1.54, 1.807) is 19.1 Å². The van der Waals surface area contributed by atoms with Crippen LogP contribution in [0.1, 0.15) is 22.5 Å². The Morgan fingerprint density at radius 2 is 2.00 bits per heavy atom. The number of H-pyrrole nitrogens is 1. The molecule has 5 N–H and O–H groups in total. The number of carbonyl (C=O) groups excluding carboxylic acids is 2. The van der Waals surface area contributed by atoms with Gasteiger partial charge in [0.15, 0.2) is 0 Å². The molecule has 0 radical (unpaired) electrons. The van der Waals surface area contributed by atoms with Crippen LogP contribution in [0.15, 0.2) is 24.3 Å². The second-order valence-electron chi connectivity index (χ2n) is 4.71. The number of nitrogens with one attached hydrogen (secondary N) is 2. The highest BCUT2D eigenvalue weighted by Crippen LogP contribution is 2.21. The van der Waals surface area contributed by atoms with Crippen LogP contribution in [0.4, 0.5) is 0 Å². The monoisotopic (exact) mass is 289 g/mol. The van der Waals surface area contributed by atoms with Gasteiger partial charge in [-0.2, -0.15) is 0 Å². The zero-order valence-electron chi connectivity index (χ0n) is 11.3. The van der Waals surface area contributed by atoms with Crippen LogP contribution < -0.4 is 11.1 Å². The molecule has 7 nitrogen and oxygen atoms in total. The number of para-hydroxylation sites is 1. The second-order valence-corrected chi connectivity index (χ2v) is 4.71. The van der Waals surface area contributed by atoms with E-state index >= 15 is 0 Å². The number of primary amides is 1. The van der Waals surface area contributed by atoms with Crippen molar-refractivity contribution in [1.82, 2.24) is 10.3 Å². The third-order valence-electron chi connectivity index (χ3n) is 3.13. The number of nitrogens with two attached hydrogens (primary N) is 1. The summed E-state index contributed by atoms with van der Waals surface area (Å²) in [6.45, 7) is 1.72. The Hall–Kier alpha value is -2.83. The number of aliphatic carboxylic acids is 1. The molecule has 1 heterocycles.